The Morgan fingerprint density at radius 2 is 2.00 bits per heavy atom. The molecule has 0 aromatic rings. The Balaban J connectivity index is 3.71. The van der Waals surface area contributed by atoms with E-state index in [-0.39, 0.29) is 5.96 Å². The monoisotopic (exact) mass is 216 g/mol. The van der Waals surface area contributed by atoms with E-state index >= 15 is 0 Å². The largest absolute Gasteiger partial charge is 0.368 e. The van der Waals surface area contributed by atoms with Gasteiger partial charge in [-0.3, -0.25) is 5.01 Å². The Bertz CT molecular complexity index is 225. The van der Waals surface area contributed by atoms with Gasteiger partial charge in [0.2, 0.25) is 5.96 Å². The number of hydrogen-bond donors (Lipinski definition) is 3. The Hall–Kier alpha value is -1.34. The minimum Gasteiger partial charge on any atom is -0.368 e. The van der Waals surface area contributed by atoms with E-state index in [0.717, 1.165) is 18.0 Å². The van der Waals surface area contributed by atoms with Crippen LogP contribution in [0.5, 0.6) is 0 Å². The molecular formula is C8H20N6O. The molecule has 0 atom stereocenters. The van der Waals surface area contributed by atoms with Crippen LogP contribution in [0, 0.1) is 0 Å². The molecule has 0 unspecified atom stereocenters. The number of amides is 2. The average molecular weight is 216 g/mol. The summed E-state index contributed by atoms with van der Waals surface area (Å²) >= 11 is 0. The average Bonchev–Trinajstić information content (AvgIpc) is 2.12. The van der Waals surface area contributed by atoms with Gasteiger partial charge in [-0.15, -0.1) is 0 Å². The van der Waals surface area contributed by atoms with Crippen LogP contribution >= 0.6 is 0 Å². The zero-order chi connectivity index (χ0) is 11.8. The van der Waals surface area contributed by atoms with Crippen molar-refractivity contribution in [1.82, 2.24) is 15.2 Å². The van der Waals surface area contributed by atoms with Crippen molar-refractivity contribution in [2.75, 3.05) is 34.2 Å². The number of guanidine groups is 1. The van der Waals surface area contributed by atoms with Crippen LogP contribution in [0.15, 0.2) is 4.99 Å². The molecule has 0 bridgehead atoms. The molecule has 7 nitrogen and oxygen atoms in total. The standard InChI is InChI=1S/C8H20N6O/c1-13(2)6-4-5-11-8(15)12-7(9)14(3)10/h4-6,10H2,1-3H3,(H3,9,11,12,15). The zero-order valence-corrected chi connectivity index (χ0v) is 9.53. The van der Waals surface area contributed by atoms with Crippen molar-refractivity contribution < 1.29 is 4.79 Å². The van der Waals surface area contributed by atoms with Gasteiger partial charge in [0.1, 0.15) is 0 Å². The zero-order valence-electron chi connectivity index (χ0n) is 9.53. The Morgan fingerprint density at radius 1 is 1.40 bits per heavy atom. The predicted molar refractivity (Wildman–Crippen MR) is 60.1 cm³/mol. The van der Waals surface area contributed by atoms with Crippen molar-refractivity contribution >= 4 is 12.0 Å². The number of aliphatic imine (C=N–C) groups is 1. The van der Waals surface area contributed by atoms with Crippen LogP contribution in [0.4, 0.5) is 4.79 Å². The number of hydrogen-bond acceptors (Lipinski definition) is 3. The van der Waals surface area contributed by atoms with E-state index in [4.69, 9.17) is 11.6 Å². The topological polar surface area (TPSA) is 100.0 Å². The number of carbonyl (C=O) groups is 1. The minimum atomic E-state index is -0.469. The first kappa shape index (κ1) is 13.7. The molecule has 0 rings (SSSR count). The molecule has 0 aliphatic carbocycles. The molecule has 5 N–H and O–H groups in total. The second-order valence-electron chi connectivity index (χ2n) is 3.47. The van der Waals surface area contributed by atoms with Crippen molar-refractivity contribution in [3.8, 4) is 0 Å². The van der Waals surface area contributed by atoms with E-state index in [1.54, 1.807) is 0 Å². The van der Waals surface area contributed by atoms with Gasteiger partial charge in [-0.05, 0) is 27.1 Å². The molecule has 0 aliphatic heterocycles. The summed E-state index contributed by atoms with van der Waals surface area (Å²) in [6.07, 6.45) is 0.868. The molecular weight excluding hydrogens is 196 g/mol. The van der Waals surface area contributed by atoms with E-state index in [1.165, 1.54) is 7.05 Å². The van der Waals surface area contributed by atoms with Crippen LogP contribution in [0.3, 0.4) is 0 Å². The van der Waals surface area contributed by atoms with Gasteiger partial charge in [0.25, 0.3) is 0 Å². The number of nitrogens with zero attached hydrogens (tertiary/aromatic N) is 3. The van der Waals surface area contributed by atoms with Crippen LogP contribution in [0.1, 0.15) is 6.42 Å². The fourth-order valence-electron chi connectivity index (χ4n) is 0.813. The predicted octanol–water partition coefficient (Wildman–Crippen LogP) is -1.23. The van der Waals surface area contributed by atoms with Crippen molar-refractivity contribution in [2.24, 2.45) is 16.6 Å². The van der Waals surface area contributed by atoms with Gasteiger partial charge in [0.05, 0.1) is 0 Å². The molecule has 0 aromatic heterocycles. The fourth-order valence-corrected chi connectivity index (χ4v) is 0.813. The lowest BCUT2D eigenvalue weighted by Crippen LogP contribution is -2.40. The van der Waals surface area contributed by atoms with Crippen LogP contribution in [0.2, 0.25) is 0 Å². The SMILES string of the molecule is CN(C)CCCNC(=O)/N=C(/N)N(C)N. The number of urea groups is 1. The van der Waals surface area contributed by atoms with Gasteiger partial charge in [-0.1, -0.05) is 0 Å². The van der Waals surface area contributed by atoms with Gasteiger partial charge < -0.3 is 16.0 Å². The summed E-state index contributed by atoms with van der Waals surface area (Å²) in [6.45, 7) is 1.48. The molecule has 0 saturated carbocycles. The number of rotatable bonds is 4. The Kier molecular flexibility index (Phi) is 6.39. The highest BCUT2D eigenvalue weighted by atomic mass is 16.2. The summed E-state index contributed by atoms with van der Waals surface area (Å²) in [6, 6.07) is -0.469. The van der Waals surface area contributed by atoms with E-state index in [1.807, 2.05) is 19.0 Å². The summed E-state index contributed by atoms with van der Waals surface area (Å²) in [7, 11) is 5.46. The number of carbonyl (C=O) groups excluding carboxylic acids is 1. The van der Waals surface area contributed by atoms with Gasteiger partial charge in [-0.25, -0.2) is 10.6 Å². The molecule has 15 heavy (non-hydrogen) atoms. The molecule has 7 heteroatoms. The lowest BCUT2D eigenvalue weighted by atomic mass is 10.4. The van der Waals surface area contributed by atoms with Gasteiger partial charge >= 0.3 is 6.03 Å². The van der Waals surface area contributed by atoms with Gasteiger partial charge in [0.15, 0.2) is 0 Å². The second-order valence-corrected chi connectivity index (χ2v) is 3.47. The summed E-state index contributed by atoms with van der Waals surface area (Å²) in [5.74, 6) is 5.26. The van der Waals surface area contributed by atoms with Crippen LogP contribution < -0.4 is 16.9 Å². The van der Waals surface area contributed by atoms with E-state index < -0.39 is 6.03 Å². The van der Waals surface area contributed by atoms with Crippen LogP contribution in [0.25, 0.3) is 0 Å². The van der Waals surface area contributed by atoms with E-state index in [0.29, 0.717) is 6.54 Å². The summed E-state index contributed by atoms with van der Waals surface area (Å²) in [5, 5.41) is 3.69. The van der Waals surface area contributed by atoms with E-state index in [9.17, 15) is 4.79 Å². The van der Waals surface area contributed by atoms with Crippen molar-refractivity contribution in [3.05, 3.63) is 0 Å². The third-order valence-electron chi connectivity index (χ3n) is 1.64. The maximum absolute atomic E-state index is 11.1. The molecule has 2 amide bonds. The molecule has 88 valence electrons. The lowest BCUT2D eigenvalue weighted by molar-refractivity contribution is 0.248. The Morgan fingerprint density at radius 3 is 2.47 bits per heavy atom. The summed E-state index contributed by atoms with van der Waals surface area (Å²) < 4.78 is 0. The first-order valence-electron chi connectivity index (χ1n) is 4.68. The quantitative estimate of drug-likeness (QED) is 0.180. The van der Waals surface area contributed by atoms with Crippen LogP contribution in [-0.2, 0) is 0 Å². The summed E-state index contributed by atoms with van der Waals surface area (Å²) in [4.78, 5) is 16.7. The highest BCUT2D eigenvalue weighted by molar-refractivity contribution is 5.91. The molecule has 0 heterocycles. The van der Waals surface area contributed by atoms with Crippen molar-refractivity contribution in [1.29, 1.82) is 0 Å². The van der Waals surface area contributed by atoms with Crippen LogP contribution in [-0.4, -0.2) is 56.1 Å². The fraction of sp³-hybridized carbons (Fsp3) is 0.750. The normalized spacial score (nSPS) is 11.7. The highest BCUT2D eigenvalue weighted by Crippen LogP contribution is 1.82. The molecule has 0 aromatic carbocycles. The van der Waals surface area contributed by atoms with Crippen molar-refractivity contribution in [2.45, 2.75) is 6.42 Å². The number of hydrazine groups is 1. The Labute approximate surface area is 90.1 Å². The third-order valence-corrected chi connectivity index (χ3v) is 1.64. The lowest BCUT2D eigenvalue weighted by Gasteiger charge is -2.10. The maximum atomic E-state index is 11.1. The van der Waals surface area contributed by atoms with Gasteiger partial charge in [-0.2, -0.15) is 4.99 Å². The first-order valence-corrected chi connectivity index (χ1v) is 4.68. The second kappa shape index (κ2) is 7.02. The van der Waals surface area contributed by atoms with Gasteiger partial charge in [0, 0.05) is 13.6 Å². The smallest absolute Gasteiger partial charge is 0.344 e. The minimum absolute atomic E-state index is 0.0138. The summed E-state index contributed by atoms with van der Waals surface area (Å²) in [5.41, 5.74) is 5.35. The van der Waals surface area contributed by atoms with E-state index in [2.05, 4.69) is 10.3 Å². The highest BCUT2D eigenvalue weighted by Gasteiger charge is 2.01. The maximum Gasteiger partial charge on any atom is 0.344 e. The number of nitrogens with one attached hydrogen (secondary N) is 1. The number of nitrogens with two attached hydrogens (primary N) is 2. The molecule has 0 spiro atoms. The molecule has 0 saturated heterocycles. The van der Waals surface area contributed by atoms with Crippen molar-refractivity contribution in [3.63, 3.8) is 0 Å². The third kappa shape index (κ3) is 7.71. The first-order chi connectivity index (χ1) is 6.93. The molecule has 0 radical (unpaired) electrons. The molecule has 0 fully saturated rings. The molecule has 0 aliphatic rings.